The van der Waals surface area contributed by atoms with Crippen molar-refractivity contribution >= 4 is 38.2 Å². The van der Waals surface area contributed by atoms with Gasteiger partial charge in [-0.1, -0.05) is 18.2 Å². The molecule has 9 heteroatoms. The summed E-state index contributed by atoms with van der Waals surface area (Å²) in [6.45, 7) is 3.14. The number of carboxylic acid groups (broad SMARTS) is 1. The number of hydrogen-bond donors (Lipinski definition) is 1. The van der Waals surface area contributed by atoms with E-state index in [1.54, 1.807) is 42.7 Å². The number of nitrogens with zero attached hydrogens (tertiary/aromatic N) is 2. The van der Waals surface area contributed by atoms with Crippen LogP contribution in [0.1, 0.15) is 21.8 Å². The summed E-state index contributed by atoms with van der Waals surface area (Å²) >= 11 is 1.09. The smallest absolute Gasteiger partial charge is 0.323 e. The number of halogens is 1. The lowest BCUT2D eigenvalue weighted by Crippen LogP contribution is -2.10. The van der Waals surface area contributed by atoms with Gasteiger partial charge in [0.05, 0.1) is 10.6 Å². The number of carbonyl (C=O) groups is 1. The molecule has 2 aromatic carbocycles. The maximum atomic E-state index is 14.0. The number of carboxylic acids is 1. The lowest BCUT2D eigenvalue weighted by Gasteiger charge is -2.08. The highest BCUT2D eigenvalue weighted by atomic mass is 32.2. The Labute approximate surface area is 182 Å². The first-order chi connectivity index (χ1) is 14.7. The van der Waals surface area contributed by atoms with Crippen molar-refractivity contribution in [2.45, 2.75) is 36.6 Å². The zero-order valence-electron chi connectivity index (χ0n) is 16.8. The summed E-state index contributed by atoms with van der Waals surface area (Å²) in [5, 5.41) is 9.87. The maximum absolute atomic E-state index is 14.0. The van der Waals surface area contributed by atoms with Crippen LogP contribution in [0.3, 0.4) is 0 Å². The van der Waals surface area contributed by atoms with Crippen LogP contribution in [0.25, 0.3) is 10.9 Å². The van der Waals surface area contributed by atoms with Crippen LogP contribution in [-0.2, 0) is 27.6 Å². The van der Waals surface area contributed by atoms with Gasteiger partial charge in [-0.05, 0) is 61.3 Å². The van der Waals surface area contributed by atoms with Gasteiger partial charge < -0.3 is 9.67 Å². The standard InChI is InChI=1S/C22H19FN2O4S2/c1-13-22(31(28,29)16-6-4-3-5-7-16)20(30-24-13)11-17-14(2)25(12-21(26)27)19-9-8-15(23)10-18(17)19/h3-10H,11-12H2,1-2H3,(H,26,27). The summed E-state index contributed by atoms with van der Waals surface area (Å²) in [4.78, 5) is 12.2. The molecule has 0 aliphatic carbocycles. The Morgan fingerprint density at radius 1 is 1.16 bits per heavy atom. The average molecular weight is 459 g/mol. The number of sulfone groups is 1. The van der Waals surface area contributed by atoms with Gasteiger partial charge in [-0.2, -0.15) is 4.37 Å². The number of aliphatic carboxylic acids is 1. The molecule has 4 rings (SSSR count). The number of fused-ring (bicyclic) bond motifs is 1. The Hall–Kier alpha value is -3.04. The predicted molar refractivity (Wildman–Crippen MR) is 116 cm³/mol. The monoisotopic (exact) mass is 458 g/mol. The predicted octanol–water partition coefficient (Wildman–Crippen LogP) is 4.36. The summed E-state index contributed by atoms with van der Waals surface area (Å²) in [6.07, 6.45) is 0.200. The van der Waals surface area contributed by atoms with Crippen LogP contribution in [0.5, 0.6) is 0 Å². The molecule has 0 saturated carbocycles. The SMILES string of the molecule is Cc1nsc(Cc2c(C)n(CC(=O)O)c3ccc(F)cc23)c1S(=O)(=O)c1ccccc1. The summed E-state index contributed by atoms with van der Waals surface area (Å²) in [7, 11) is -3.79. The van der Waals surface area contributed by atoms with E-state index in [0.717, 1.165) is 11.5 Å². The largest absolute Gasteiger partial charge is 0.480 e. The van der Waals surface area contributed by atoms with Crippen LogP contribution in [0, 0.1) is 19.7 Å². The summed E-state index contributed by atoms with van der Waals surface area (Å²) in [5.41, 5.74) is 2.33. The van der Waals surface area contributed by atoms with Gasteiger partial charge in [0.15, 0.2) is 0 Å². The highest BCUT2D eigenvalue weighted by molar-refractivity contribution is 7.91. The first-order valence-corrected chi connectivity index (χ1v) is 11.7. The second kappa shape index (κ2) is 7.90. The van der Waals surface area contributed by atoms with E-state index in [2.05, 4.69) is 4.37 Å². The van der Waals surface area contributed by atoms with Gasteiger partial charge in [-0.15, -0.1) is 0 Å². The minimum absolute atomic E-state index is 0.152. The Balaban J connectivity index is 1.88. The minimum Gasteiger partial charge on any atom is -0.480 e. The molecule has 0 aliphatic heterocycles. The maximum Gasteiger partial charge on any atom is 0.323 e. The van der Waals surface area contributed by atoms with E-state index in [1.807, 2.05) is 0 Å². The molecule has 6 nitrogen and oxygen atoms in total. The van der Waals surface area contributed by atoms with Crippen LogP contribution >= 0.6 is 11.5 Å². The quantitative estimate of drug-likeness (QED) is 0.464. The average Bonchev–Trinajstić information content (AvgIpc) is 3.21. The van der Waals surface area contributed by atoms with Crippen molar-refractivity contribution in [1.29, 1.82) is 0 Å². The zero-order valence-corrected chi connectivity index (χ0v) is 18.4. The molecule has 0 amide bonds. The third-order valence-corrected chi connectivity index (χ3v) is 8.28. The normalized spacial score (nSPS) is 11.8. The molecule has 0 saturated heterocycles. The molecule has 0 unspecified atom stereocenters. The van der Waals surface area contributed by atoms with Gasteiger partial charge in [-0.3, -0.25) is 4.79 Å². The highest BCUT2D eigenvalue weighted by Crippen LogP contribution is 2.35. The lowest BCUT2D eigenvalue weighted by molar-refractivity contribution is -0.137. The molecule has 1 N–H and O–H groups in total. The Morgan fingerprint density at radius 2 is 1.87 bits per heavy atom. The number of hydrogen-bond acceptors (Lipinski definition) is 5. The lowest BCUT2D eigenvalue weighted by atomic mass is 10.1. The highest BCUT2D eigenvalue weighted by Gasteiger charge is 2.28. The van der Waals surface area contributed by atoms with Crippen LogP contribution in [-0.4, -0.2) is 28.4 Å². The van der Waals surface area contributed by atoms with Crippen molar-refractivity contribution in [1.82, 2.24) is 8.94 Å². The molecule has 2 heterocycles. The van der Waals surface area contributed by atoms with Crippen molar-refractivity contribution in [3.05, 3.63) is 76.2 Å². The van der Waals surface area contributed by atoms with E-state index < -0.39 is 21.6 Å². The summed E-state index contributed by atoms with van der Waals surface area (Å²) in [6, 6.07) is 12.3. The van der Waals surface area contributed by atoms with Crippen molar-refractivity contribution in [3.8, 4) is 0 Å². The fourth-order valence-electron chi connectivity index (χ4n) is 3.83. The van der Waals surface area contributed by atoms with Gasteiger partial charge >= 0.3 is 5.97 Å². The topological polar surface area (TPSA) is 89.3 Å². The van der Waals surface area contributed by atoms with E-state index in [1.165, 1.54) is 24.3 Å². The number of aryl methyl sites for hydroxylation is 1. The van der Waals surface area contributed by atoms with Gasteiger partial charge in [0, 0.05) is 27.9 Å². The van der Waals surface area contributed by atoms with E-state index in [0.29, 0.717) is 32.7 Å². The second-order valence-electron chi connectivity index (χ2n) is 7.22. The summed E-state index contributed by atoms with van der Waals surface area (Å²) < 4.78 is 46.5. The van der Waals surface area contributed by atoms with Crippen LogP contribution in [0.4, 0.5) is 4.39 Å². The molecule has 0 bridgehead atoms. The van der Waals surface area contributed by atoms with Crippen LogP contribution < -0.4 is 0 Å². The van der Waals surface area contributed by atoms with E-state index >= 15 is 0 Å². The molecule has 31 heavy (non-hydrogen) atoms. The van der Waals surface area contributed by atoms with Gasteiger partial charge in [-0.25, -0.2) is 12.8 Å². The Morgan fingerprint density at radius 3 is 2.55 bits per heavy atom. The zero-order chi connectivity index (χ0) is 22.3. The number of aromatic nitrogens is 2. The van der Waals surface area contributed by atoms with Crippen molar-refractivity contribution in [3.63, 3.8) is 0 Å². The molecule has 0 fully saturated rings. The fourth-order valence-corrected chi connectivity index (χ4v) is 6.66. The van der Waals surface area contributed by atoms with E-state index in [9.17, 15) is 22.7 Å². The molecule has 160 valence electrons. The molecule has 2 aromatic heterocycles. The van der Waals surface area contributed by atoms with Crippen LogP contribution in [0.2, 0.25) is 0 Å². The van der Waals surface area contributed by atoms with Gasteiger partial charge in [0.2, 0.25) is 9.84 Å². The Bertz CT molecular complexity index is 1410. The fraction of sp³-hybridized carbons (Fsp3) is 0.182. The number of rotatable bonds is 6. The van der Waals surface area contributed by atoms with E-state index in [-0.39, 0.29) is 22.8 Å². The first-order valence-electron chi connectivity index (χ1n) is 9.44. The third kappa shape index (κ3) is 3.75. The molecule has 0 radical (unpaired) electrons. The van der Waals surface area contributed by atoms with Crippen molar-refractivity contribution in [2.24, 2.45) is 0 Å². The molecular formula is C22H19FN2O4S2. The van der Waals surface area contributed by atoms with Gasteiger partial charge in [0.1, 0.15) is 17.3 Å². The Kier molecular flexibility index (Phi) is 5.40. The molecular weight excluding hydrogens is 439 g/mol. The van der Waals surface area contributed by atoms with Crippen LogP contribution in [0.15, 0.2) is 58.3 Å². The third-order valence-electron chi connectivity index (χ3n) is 5.24. The van der Waals surface area contributed by atoms with Gasteiger partial charge in [0.25, 0.3) is 0 Å². The molecule has 0 atom stereocenters. The minimum atomic E-state index is -3.79. The molecule has 0 aliphatic rings. The molecule has 4 aromatic rings. The van der Waals surface area contributed by atoms with E-state index in [4.69, 9.17) is 0 Å². The molecule has 0 spiro atoms. The first kappa shape index (κ1) is 21.2. The second-order valence-corrected chi connectivity index (χ2v) is 9.96. The van der Waals surface area contributed by atoms with Crippen molar-refractivity contribution < 1.29 is 22.7 Å². The number of benzene rings is 2. The van der Waals surface area contributed by atoms with Crippen molar-refractivity contribution in [2.75, 3.05) is 0 Å². The summed E-state index contributed by atoms with van der Waals surface area (Å²) in [5.74, 6) is -1.46.